The predicted molar refractivity (Wildman–Crippen MR) is 233 cm³/mol. The second-order valence-electron chi connectivity index (χ2n) is 17.9. The minimum Gasteiger partial charge on any atom is -0.440 e. The molecule has 0 saturated heterocycles. The van der Waals surface area contributed by atoms with Gasteiger partial charge in [0, 0.05) is 5.56 Å². The van der Waals surface area contributed by atoms with Crippen LogP contribution in [0, 0.1) is 0 Å². The number of ketones is 1. The van der Waals surface area contributed by atoms with Crippen LogP contribution < -0.4 is 31.2 Å². The molecular weight excluding hydrogens is 1130 g/mol. The molecule has 0 unspecified atom stereocenters. The third-order valence-electron chi connectivity index (χ3n) is 12.5. The van der Waals surface area contributed by atoms with Crippen molar-refractivity contribution < 1.29 is 119 Å². The summed E-state index contributed by atoms with van der Waals surface area (Å²) >= 11 is 0. The summed E-state index contributed by atoms with van der Waals surface area (Å²) in [5, 5.41) is 0. The second-order valence-corrected chi connectivity index (χ2v) is 17.9. The fourth-order valence-corrected chi connectivity index (χ4v) is 8.90. The molecule has 426 valence electrons. The molecule has 0 amide bonds. The number of halogens is 24. The fraction of sp³-hybridized carbons (Fsp3) is 0.300. The van der Waals surface area contributed by atoms with Gasteiger partial charge in [-0.1, -0.05) is 85.3 Å². The van der Waals surface area contributed by atoms with Crippen molar-refractivity contribution in [3.63, 3.8) is 0 Å². The summed E-state index contributed by atoms with van der Waals surface area (Å²) in [4.78, 5) is 16.5. The Labute approximate surface area is 429 Å². The van der Waals surface area contributed by atoms with E-state index in [1.807, 2.05) is 34.9 Å². The monoisotopic (exact) mass is 1160 g/mol. The van der Waals surface area contributed by atoms with Crippen molar-refractivity contribution >= 4 is 33.8 Å². The Bertz CT molecular complexity index is 2690. The molecule has 1 heterocycles. The summed E-state index contributed by atoms with van der Waals surface area (Å²) in [5.41, 5.74) is -29.5. The van der Waals surface area contributed by atoms with Gasteiger partial charge in [0.1, 0.15) is 18.4 Å². The van der Waals surface area contributed by atoms with Crippen molar-refractivity contribution in [1.29, 1.82) is 0 Å². The van der Waals surface area contributed by atoms with Crippen LogP contribution >= 0.6 is 0 Å². The Morgan fingerprint density at radius 2 is 0.734 bits per heavy atom. The Balaban J connectivity index is 0.000000378. The van der Waals surface area contributed by atoms with E-state index in [1.54, 1.807) is 18.6 Å². The van der Waals surface area contributed by atoms with Crippen LogP contribution in [0.3, 0.4) is 0 Å². The van der Waals surface area contributed by atoms with E-state index < -0.39 is 195 Å². The highest BCUT2D eigenvalue weighted by molar-refractivity contribution is 7.20. The highest BCUT2D eigenvalue weighted by atomic mass is 19.4. The summed E-state index contributed by atoms with van der Waals surface area (Å²) in [6.45, 7) is 0.272. The Morgan fingerprint density at radius 1 is 0.443 bits per heavy atom. The first-order chi connectivity index (χ1) is 36.1. The Hall–Kier alpha value is -6.97. The Kier molecular flexibility index (Phi) is 17.0. The van der Waals surface area contributed by atoms with Gasteiger partial charge >= 0.3 is 55.3 Å². The summed E-state index contributed by atoms with van der Waals surface area (Å²) in [6, 6.07) is 0.536. The highest BCUT2D eigenvalue weighted by Crippen LogP contribution is 2.41. The molecule has 29 heteroatoms. The van der Waals surface area contributed by atoms with Gasteiger partial charge in [0.25, 0.3) is 0 Å². The molecule has 0 bridgehead atoms. The van der Waals surface area contributed by atoms with Gasteiger partial charge in [0.2, 0.25) is 12.3 Å². The van der Waals surface area contributed by atoms with E-state index in [0.29, 0.717) is 5.88 Å². The van der Waals surface area contributed by atoms with Gasteiger partial charge in [0.05, 0.1) is 50.7 Å². The molecule has 1 aromatic heterocycles. The first kappa shape index (κ1) is 61.3. The average molecular weight is 1160 g/mol. The number of alkyl halides is 24. The molecule has 1 saturated carbocycles. The van der Waals surface area contributed by atoms with E-state index >= 15 is 0 Å². The van der Waals surface area contributed by atoms with Crippen LogP contribution in [-0.2, 0) is 56.0 Å². The molecule has 79 heavy (non-hydrogen) atoms. The highest BCUT2D eigenvalue weighted by Gasteiger charge is 2.47. The molecule has 7 rings (SSSR count). The van der Waals surface area contributed by atoms with E-state index in [0.717, 1.165) is 18.4 Å². The van der Waals surface area contributed by atoms with E-state index in [9.17, 15) is 110 Å². The van der Waals surface area contributed by atoms with Gasteiger partial charge in [0.15, 0.2) is 6.20 Å². The molecule has 0 atom stereocenters. The zero-order valence-electron chi connectivity index (χ0n) is 39.2. The number of nitrogens with zero attached hydrogens (tertiary/aromatic N) is 2. The van der Waals surface area contributed by atoms with Crippen LogP contribution in [0.4, 0.5) is 105 Å². The van der Waals surface area contributed by atoms with Crippen molar-refractivity contribution in [2.75, 3.05) is 0 Å². The van der Waals surface area contributed by atoms with Gasteiger partial charge in [-0.25, -0.2) is 4.98 Å². The number of carbonyl (C=O) groups is 1. The maximum Gasteiger partial charge on any atom is 0.416 e. The van der Waals surface area contributed by atoms with Crippen molar-refractivity contribution in [2.24, 2.45) is 0 Å². The van der Waals surface area contributed by atoms with E-state index in [2.05, 4.69) is 4.98 Å². The topological polar surface area (TPSA) is 43.1 Å². The van der Waals surface area contributed by atoms with Gasteiger partial charge in [-0.05, 0) is 49.9 Å². The first-order valence-electron chi connectivity index (χ1n) is 22.5. The van der Waals surface area contributed by atoms with Gasteiger partial charge in [-0.15, -0.1) is 0 Å². The standard InChI is InChI=1S/C32H12BF24.C18H21N2O2/c34-25(35,36)13-1-14(26(37,38)39)6-21(5-13)33(22-7-15(27(40,41)42)2-16(8-22)28(43,44)45,23-9-17(29(46,47)48)3-18(10-23)30(49,50)51)24-11-19(31(52,53)54)4-20(12-24)32(55,56)57;21-17(15-7-3-1-4-8-15)14-20-12-11-19-13-18(20)22-16-9-5-2-6-10-16/h1-12H;1,3-4,7-8,11-13,16H,2,5-6,9-10,14H2/q-1;+1. The molecule has 1 aliphatic carbocycles. The summed E-state index contributed by atoms with van der Waals surface area (Å²) in [6.07, 6.45) is -43.5. The molecule has 4 nitrogen and oxygen atoms in total. The minimum absolute atomic E-state index is 0.0743. The maximum atomic E-state index is 14.2. The normalized spacial score (nSPS) is 14.6. The van der Waals surface area contributed by atoms with Crippen molar-refractivity contribution in [1.82, 2.24) is 4.98 Å². The van der Waals surface area contributed by atoms with Crippen LogP contribution in [0.25, 0.3) is 0 Å². The molecule has 1 fully saturated rings. The SMILES string of the molecule is FC(F)(F)c1cc([B-](c2cc(C(F)(F)F)cc(C(F)(F)F)c2)(c2cc(C(F)(F)F)cc(C(F)(F)F)c2)c2cc(C(F)(F)F)cc(C(F)(F)F)c2)cc(C(F)(F)F)c1.O=C(C[n+]1ccncc1OC1CCCCC1)c1ccccc1. The molecule has 0 spiro atoms. The van der Waals surface area contributed by atoms with Gasteiger partial charge in [-0.2, -0.15) is 132 Å². The van der Waals surface area contributed by atoms with Gasteiger partial charge < -0.3 is 4.74 Å². The lowest BCUT2D eigenvalue weighted by molar-refractivity contribution is -0.689. The number of carbonyl (C=O) groups excluding carboxylic acids is 1. The lowest BCUT2D eigenvalue weighted by Crippen LogP contribution is -2.75. The lowest BCUT2D eigenvalue weighted by atomic mass is 9.12. The minimum atomic E-state index is -6.13. The first-order valence-corrected chi connectivity index (χ1v) is 22.5. The number of rotatable bonds is 9. The summed E-state index contributed by atoms with van der Waals surface area (Å²) in [5.74, 6) is 0.754. The van der Waals surface area contributed by atoms with Crippen LogP contribution in [-0.4, -0.2) is 23.0 Å². The Morgan fingerprint density at radius 3 is 1.01 bits per heavy atom. The molecule has 0 radical (unpaired) electrons. The van der Waals surface area contributed by atoms with Crippen LogP contribution in [0.2, 0.25) is 0 Å². The molecule has 6 aromatic rings. The lowest BCUT2D eigenvalue weighted by Gasteiger charge is -2.46. The summed E-state index contributed by atoms with van der Waals surface area (Å²) in [7, 11) is 0. The summed E-state index contributed by atoms with van der Waals surface area (Å²) < 4.78 is 349. The number of ether oxygens (including phenoxy) is 1. The van der Waals surface area contributed by atoms with Crippen molar-refractivity contribution in [3.8, 4) is 5.88 Å². The average Bonchev–Trinajstić information content (AvgIpc) is 3.55. The zero-order chi connectivity index (χ0) is 59.1. The largest absolute Gasteiger partial charge is 0.440 e. The smallest absolute Gasteiger partial charge is 0.416 e. The van der Waals surface area contributed by atoms with Crippen LogP contribution in [0.5, 0.6) is 5.88 Å². The zero-order valence-corrected chi connectivity index (χ0v) is 39.2. The second kappa shape index (κ2) is 21.9. The van der Waals surface area contributed by atoms with E-state index in [4.69, 9.17) is 4.74 Å². The van der Waals surface area contributed by atoms with Crippen molar-refractivity contribution in [3.05, 3.63) is 172 Å². The quantitative estimate of drug-likeness (QED) is 0.0627. The van der Waals surface area contributed by atoms with Crippen LogP contribution in [0.1, 0.15) is 87.0 Å². The third-order valence-corrected chi connectivity index (χ3v) is 12.5. The number of hydrogen-bond acceptors (Lipinski definition) is 3. The molecule has 0 N–H and O–H groups in total. The predicted octanol–water partition coefficient (Wildman–Crippen LogP) is 14.2. The number of hydrogen-bond donors (Lipinski definition) is 0. The van der Waals surface area contributed by atoms with E-state index in [1.165, 1.54) is 19.3 Å². The molecular formula is C50H33BF24N2O2. The number of Topliss-reactive ketones (excluding diaryl/α,β-unsaturated/α-hetero) is 1. The number of aromatic nitrogens is 2. The third kappa shape index (κ3) is 14.6. The van der Waals surface area contributed by atoms with Crippen LogP contribution in [0.15, 0.2) is 122 Å². The molecule has 1 aliphatic rings. The fourth-order valence-electron chi connectivity index (χ4n) is 8.90. The van der Waals surface area contributed by atoms with E-state index in [-0.39, 0.29) is 18.4 Å². The van der Waals surface area contributed by atoms with Crippen molar-refractivity contribution in [2.45, 2.75) is 94.2 Å². The molecule has 5 aromatic carbocycles. The number of benzene rings is 5. The maximum absolute atomic E-state index is 14.2. The van der Waals surface area contributed by atoms with Gasteiger partial charge in [-0.3, -0.25) is 4.79 Å². The molecule has 0 aliphatic heterocycles.